The molecule has 2 aromatic heterocycles. The van der Waals surface area contributed by atoms with E-state index in [9.17, 15) is 9.59 Å². The largest absolute Gasteiger partial charge is 0.459 e. The van der Waals surface area contributed by atoms with Crippen LogP contribution in [-0.2, 0) is 24.3 Å². The first-order valence-electron chi connectivity index (χ1n) is 12.6. The lowest BCUT2D eigenvalue weighted by atomic mass is 10.1. The van der Waals surface area contributed by atoms with Crippen LogP contribution in [0, 0.1) is 0 Å². The van der Waals surface area contributed by atoms with Crippen LogP contribution in [0.25, 0.3) is 11.0 Å². The fraction of sp³-hybridized carbons (Fsp3) is 0.345. The highest BCUT2D eigenvalue weighted by Gasteiger charge is 2.20. The number of carbonyl (C=O) groups is 2. The van der Waals surface area contributed by atoms with E-state index in [4.69, 9.17) is 9.40 Å². The summed E-state index contributed by atoms with van der Waals surface area (Å²) in [6.07, 6.45) is 5.00. The van der Waals surface area contributed by atoms with Gasteiger partial charge >= 0.3 is 0 Å². The molecule has 0 unspecified atom stereocenters. The van der Waals surface area contributed by atoms with Gasteiger partial charge in [-0.05, 0) is 56.5 Å². The lowest BCUT2D eigenvalue weighted by Gasteiger charge is -2.27. The van der Waals surface area contributed by atoms with Crippen molar-refractivity contribution < 1.29 is 14.0 Å². The van der Waals surface area contributed by atoms with E-state index in [0.717, 1.165) is 48.1 Å². The molecule has 0 aliphatic carbocycles. The average Bonchev–Trinajstić information content (AvgIpc) is 3.54. The Labute approximate surface area is 212 Å². The number of hydrogen-bond acceptors (Lipinski definition) is 4. The van der Waals surface area contributed by atoms with Gasteiger partial charge in [0, 0.05) is 25.6 Å². The minimum Gasteiger partial charge on any atom is -0.459 e. The summed E-state index contributed by atoms with van der Waals surface area (Å²) in [6.45, 7) is 5.55. The van der Waals surface area contributed by atoms with E-state index < -0.39 is 0 Å². The van der Waals surface area contributed by atoms with E-state index in [2.05, 4.69) is 35.9 Å². The van der Waals surface area contributed by atoms with Crippen molar-refractivity contribution in [3.05, 3.63) is 90.1 Å². The molecule has 0 spiro atoms. The monoisotopic (exact) mass is 486 g/mol. The van der Waals surface area contributed by atoms with Crippen LogP contribution in [0.4, 0.5) is 0 Å². The number of para-hydroxylation sites is 2. The van der Waals surface area contributed by atoms with Gasteiger partial charge in [-0.2, -0.15) is 0 Å². The average molecular weight is 487 g/mol. The standard InChI is InChI=1S/C29H34N4O3/c1-22(2)32(20-23-12-5-3-6-13-23)28(34)21-33-25-15-9-8-14-24(25)31-27(33)17-7-4-10-18-30-29(35)26-16-11-19-36-26/h3,5-6,8-9,11-16,19,22H,4,7,10,17-18,20-21H2,1-2H3,(H,30,35). The summed E-state index contributed by atoms with van der Waals surface area (Å²) < 4.78 is 7.18. The number of aromatic nitrogens is 2. The molecule has 1 N–H and O–H groups in total. The molecule has 0 bridgehead atoms. The Bertz CT molecular complexity index is 1260. The van der Waals surface area contributed by atoms with Crippen LogP contribution in [0.5, 0.6) is 0 Å². The van der Waals surface area contributed by atoms with Gasteiger partial charge in [0.1, 0.15) is 12.4 Å². The van der Waals surface area contributed by atoms with Crippen molar-refractivity contribution in [1.29, 1.82) is 0 Å². The summed E-state index contributed by atoms with van der Waals surface area (Å²) in [5.41, 5.74) is 3.01. The minimum atomic E-state index is -0.189. The smallest absolute Gasteiger partial charge is 0.286 e. The van der Waals surface area contributed by atoms with Crippen LogP contribution in [0.15, 0.2) is 77.4 Å². The number of rotatable bonds is 12. The van der Waals surface area contributed by atoms with Gasteiger partial charge in [-0.1, -0.05) is 48.9 Å². The predicted molar refractivity (Wildman–Crippen MR) is 140 cm³/mol. The Kier molecular flexibility index (Phi) is 8.55. The fourth-order valence-corrected chi connectivity index (χ4v) is 4.34. The number of nitrogens with one attached hydrogen (secondary N) is 1. The maximum Gasteiger partial charge on any atom is 0.286 e. The van der Waals surface area contributed by atoms with E-state index in [0.29, 0.717) is 18.8 Å². The van der Waals surface area contributed by atoms with Crippen molar-refractivity contribution in [3.63, 3.8) is 0 Å². The first kappa shape index (κ1) is 25.2. The van der Waals surface area contributed by atoms with Crippen molar-refractivity contribution in [2.45, 2.75) is 58.7 Å². The maximum absolute atomic E-state index is 13.5. The third kappa shape index (κ3) is 6.42. The highest BCUT2D eigenvalue weighted by molar-refractivity contribution is 5.91. The lowest BCUT2D eigenvalue weighted by Crippen LogP contribution is -2.38. The molecule has 7 heteroatoms. The molecule has 0 saturated carbocycles. The van der Waals surface area contributed by atoms with Crippen molar-refractivity contribution in [2.75, 3.05) is 6.54 Å². The molecule has 36 heavy (non-hydrogen) atoms. The number of unbranched alkanes of at least 4 members (excludes halogenated alkanes) is 2. The maximum atomic E-state index is 13.5. The Morgan fingerprint density at radius 3 is 2.50 bits per heavy atom. The first-order valence-corrected chi connectivity index (χ1v) is 12.6. The summed E-state index contributed by atoms with van der Waals surface area (Å²) in [6, 6.07) is 21.5. The van der Waals surface area contributed by atoms with Crippen LogP contribution in [0.3, 0.4) is 0 Å². The van der Waals surface area contributed by atoms with Gasteiger partial charge in [0.25, 0.3) is 5.91 Å². The second kappa shape index (κ2) is 12.2. The first-order chi connectivity index (χ1) is 17.5. The number of nitrogens with zero attached hydrogens (tertiary/aromatic N) is 3. The van der Waals surface area contributed by atoms with Gasteiger partial charge < -0.3 is 19.2 Å². The van der Waals surface area contributed by atoms with Gasteiger partial charge in [0.05, 0.1) is 17.3 Å². The number of fused-ring (bicyclic) bond motifs is 1. The molecular formula is C29H34N4O3. The molecule has 2 aromatic carbocycles. The van der Waals surface area contributed by atoms with Crippen molar-refractivity contribution in [3.8, 4) is 0 Å². The molecule has 0 fully saturated rings. The Hall–Kier alpha value is -3.87. The summed E-state index contributed by atoms with van der Waals surface area (Å²) >= 11 is 0. The highest BCUT2D eigenvalue weighted by Crippen LogP contribution is 2.19. The van der Waals surface area contributed by atoms with Crippen LogP contribution < -0.4 is 5.32 Å². The van der Waals surface area contributed by atoms with Gasteiger partial charge in [-0.15, -0.1) is 0 Å². The number of benzene rings is 2. The third-order valence-electron chi connectivity index (χ3n) is 6.27. The Morgan fingerprint density at radius 2 is 1.75 bits per heavy atom. The number of imidazole rings is 1. The van der Waals surface area contributed by atoms with Crippen LogP contribution in [0.1, 0.15) is 55.1 Å². The normalized spacial score (nSPS) is 11.2. The molecule has 0 saturated heterocycles. The van der Waals surface area contributed by atoms with E-state index in [1.165, 1.54) is 6.26 Å². The van der Waals surface area contributed by atoms with E-state index in [-0.39, 0.29) is 24.4 Å². The molecule has 0 aliphatic heterocycles. The van der Waals surface area contributed by atoms with Crippen LogP contribution >= 0.6 is 0 Å². The fourth-order valence-electron chi connectivity index (χ4n) is 4.34. The molecule has 4 rings (SSSR count). The molecule has 7 nitrogen and oxygen atoms in total. The van der Waals surface area contributed by atoms with Crippen LogP contribution in [-0.4, -0.2) is 38.9 Å². The molecule has 188 valence electrons. The van der Waals surface area contributed by atoms with E-state index in [1.54, 1.807) is 12.1 Å². The Balaban J connectivity index is 1.37. The number of aryl methyl sites for hydroxylation is 1. The zero-order chi connectivity index (χ0) is 25.3. The summed E-state index contributed by atoms with van der Waals surface area (Å²) in [5, 5.41) is 2.88. The van der Waals surface area contributed by atoms with Gasteiger partial charge in [-0.3, -0.25) is 9.59 Å². The van der Waals surface area contributed by atoms with Gasteiger partial charge in [0.2, 0.25) is 5.91 Å². The molecule has 2 amide bonds. The topological polar surface area (TPSA) is 80.4 Å². The number of carbonyl (C=O) groups excluding carboxylic acids is 2. The highest BCUT2D eigenvalue weighted by atomic mass is 16.3. The number of furan rings is 1. The molecule has 4 aromatic rings. The molecule has 0 radical (unpaired) electrons. The second-order valence-electron chi connectivity index (χ2n) is 9.25. The quantitative estimate of drug-likeness (QED) is 0.279. The second-order valence-corrected chi connectivity index (χ2v) is 9.25. The van der Waals surface area contributed by atoms with Crippen molar-refractivity contribution in [1.82, 2.24) is 19.8 Å². The number of hydrogen-bond donors (Lipinski definition) is 1. The van der Waals surface area contributed by atoms with E-state index >= 15 is 0 Å². The zero-order valence-electron chi connectivity index (χ0n) is 21.0. The summed E-state index contributed by atoms with van der Waals surface area (Å²) in [4.78, 5) is 32.2. The summed E-state index contributed by atoms with van der Waals surface area (Å²) in [5.74, 6) is 1.15. The Morgan fingerprint density at radius 1 is 0.972 bits per heavy atom. The van der Waals surface area contributed by atoms with Gasteiger partial charge in [0.15, 0.2) is 5.76 Å². The molecular weight excluding hydrogens is 452 g/mol. The molecule has 0 atom stereocenters. The lowest BCUT2D eigenvalue weighted by molar-refractivity contribution is -0.134. The van der Waals surface area contributed by atoms with Gasteiger partial charge in [-0.25, -0.2) is 4.98 Å². The van der Waals surface area contributed by atoms with Crippen molar-refractivity contribution >= 4 is 22.8 Å². The number of amides is 2. The van der Waals surface area contributed by atoms with Crippen LogP contribution in [0.2, 0.25) is 0 Å². The third-order valence-corrected chi connectivity index (χ3v) is 6.27. The minimum absolute atomic E-state index is 0.0823. The molecule has 2 heterocycles. The van der Waals surface area contributed by atoms with E-state index in [1.807, 2.05) is 47.4 Å². The SMILES string of the molecule is CC(C)N(Cc1ccccc1)C(=O)Cn1c(CCCCCNC(=O)c2ccco2)nc2ccccc21. The van der Waals surface area contributed by atoms with Crippen molar-refractivity contribution in [2.24, 2.45) is 0 Å². The molecule has 0 aliphatic rings. The zero-order valence-corrected chi connectivity index (χ0v) is 21.0. The predicted octanol–water partition coefficient (Wildman–Crippen LogP) is 5.21. The summed E-state index contributed by atoms with van der Waals surface area (Å²) in [7, 11) is 0.